The van der Waals surface area contributed by atoms with E-state index in [-0.39, 0.29) is 0 Å². The van der Waals surface area contributed by atoms with Crippen molar-refractivity contribution in [3.63, 3.8) is 0 Å². The molecule has 0 saturated heterocycles. The molecule has 3 rings (SSSR count). The average molecular weight is 321 g/mol. The fourth-order valence-electron chi connectivity index (χ4n) is 2.15. The zero-order valence-electron chi connectivity index (χ0n) is 13.6. The van der Waals surface area contributed by atoms with E-state index in [1.807, 2.05) is 42.5 Å². The molecular weight excluding hydrogens is 302 g/mol. The van der Waals surface area contributed by atoms with Gasteiger partial charge in [-0.2, -0.15) is 4.98 Å². The third kappa shape index (κ3) is 3.60. The Morgan fingerprint density at radius 2 is 1.79 bits per heavy atom. The molecule has 0 spiro atoms. The van der Waals surface area contributed by atoms with E-state index in [9.17, 15) is 0 Å². The molecule has 0 aliphatic carbocycles. The zero-order chi connectivity index (χ0) is 16.9. The highest BCUT2D eigenvalue weighted by Crippen LogP contribution is 2.31. The van der Waals surface area contributed by atoms with Crippen molar-refractivity contribution in [2.75, 3.05) is 11.1 Å². The summed E-state index contributed by atoms with van der Waals surface area (Å²) in [7, 11) is 0. The molecular formula is C18H19N5O. The normalized spacial score (nSPS) is 10.6. The second-order valence-corrected chi connectivity index (χ2v) is 5.61. The second kappa shape index (κ2) is 6.95. The Hall–Kier alpha value is -3.15. The lowest BCUT2D eigenvalue weighted by Crippen LogP contribution is -2.03. The Kier molecular flexibility index (Phi) is 4.56. The van der Waals surface area contributed by atoms with Crippen LogP contribution in [0.4, 0.5) is 17.3 Å². The first-order chi connectivity index (χ1) is 11.6. The van der Waals surface area contributed by atoms with Crippen LogP contribution in [0.15, 0.2) is 55.0 Å². The Labute approximate surface area is 140 Å². The number of benzene rings is 1. The highest BCUT2D eigenvalue weighted by atomic mass is 16.5. The van der Waals surface area contributed by atoms with Gasteiger partial charge >= 0.3 is 0 Å². The minimum atomic E-state index is 0.306. The fourth-order valence-corrected chi connectivity index (χ4v) is 2.15. The number of hydrogen-bond donors (Lipinski definition) is 2. The first-order valence-electron chi connectivity index (χ1n) is 7.70. The van der Waals surface area contributed by atoms with E-state index >= 15 is 0 Å². The number of aromatic nitrogens is 3. The number of nitrogen functional groups attached to an aromatic ring is 1. The van der Waals surface area contributed by atoms with E-state index in [0.717, 1.165) is 0 Å². The lowest BCUT2D eigenvalue weighted by Gasteiger charge is -2.12. The smallest absolute Gasteiger partial charge is 0.248 e. The molecule has 0 fully saturated rings. The van der Waals surface area contributed by atoms with Crippen LogP contribution in [0, 0.1) is 0 Å². The molecule has 0 bridgehead atoms. The SMILES string of the molecule is CC(C)c1ccc(Oc2ncnc(Nc3ccccn3)c2N)cc1. The van der Waals surface area contributed by atoms with Gasteiger partial charge in [0.05, 0.1) is 0 Å². The number of nitrogens with two attached hydrogens (primary N) is 1. The van der Waals surface area contributed by atoms with Gasteiger partial charge in [0.15, 0.2) is 5.82 Å². The summed E-state index contributed by atoms with van der Waals surface area (Å²) in [6, 6.07) is 13.4. The molecule has 3 N–H and O–H groups in total. The van der Waals surface area contributed by atoms with Gasteiger partial charge < -0.3 is 15.8 Å². The van der Waals surface area contributed by atoms with Crippen molar-refractivity contribution in [1.82, 2.24) is 15.0 Å². The maximum Gasteiger partial charge on any atom is 0.248 e. The summed E-state index contributed by atoms with van der Waals surface area (Å²) >= 11 is 0. The molecule has 2 aromatic heterocycles. The van der Waals surface area contributed by atoms with Gasteiger partial charge in [-0.3, -0.25) is 0 Å². The Balaban J connectivity index is 1.80. The van der Waals surface area contributed by atoms with Crippen molar-refractivity contribution < 1.29 is 4.74 Å². The van der Waals surface area contributed by atoms with E-state index in [1.54, 1.807) is 6.20 Å². The van der Waals surface area contributed by atoms with Crippen molar-refractivity contribution in [2.45, 2.75) is 19.8 Å². The lowest BCUT2D eigenvalue weighted by molar-refractivity contribution is 0.464. The van der Waals surface area contributed by atoms with Gasteiger partial charge in [-0.25, -0.2) is 9.97 Å². The summed E-state index contributed by atoms with van der Waals surface area (Å²) in [6.45, 7) is 4.29. The van der Waals surface area contributed by atoms with Gasteiger partial charge in [-0.05, 0) is 35.7 Å². The molecule has 2 heterocycles. The van der Waals surface area contributed by atoms with E-state index < -0.39 is 0 Å². The van der Waals surface area contributed by atoms with Gasteiger partial charge in [0.25, 0.3) is 0 Å². The summed E-state index contributed by atoms with van der Waals surface area (Å²) in [5.41, 5.74) is 7.69. The number of ether oxygens (including phenoxy) is 1. The minimum absolute atomic E-state index is 0.306. The average Bonchev–Trinajstić information content (AvgIpc) is 2.60. The van der Waals surface area contributed by atoms with Crippen LogP contribution in [0.25, 0.3) is 0 Å². The Morgan fingerprint density at radius 1 is 1.00 bits per heavy atom. The molecule has 3 aromatic rings. The van der Waals surface area contributed by atoms with Crippen LogP contribution < -0.4 is 15.8 Å². The third-order valence-electron chi connectivity index (χ3n) is 3.52. The Morgan fingerprint density at radius 3 is 2.46 bits per heavy atom. The quantitative estimate of drug-likeness (QED) is 0.735. The van der Waals surface area contributed by atoms with Crippen molar-refractivity contribution in [2.24, 2.45) is 0 Å². The number of anilines is 3. The van der Waals surface area contributed by atoms with Crippen LogP contribution >= 0.6 is 0 Å². The number of rotatable bonds is 5. The van der Waals surface area contributed by atoms with Crippen LogP contribution in [0.3, 0.4) is 0 Å². The number of hydrogen-bond acceptors (Lipinski definition) is 6. The van der Waals surface area contributed by atoms with Gasteiger partial charge in [0.1, 0.15) is 23.6 Å². The van der Waals surface area contributed by atoms with Gasteiger partial charge in [0.2, 0.25) is 5.88 Å². The van der Waals surface area contributed by atoms with E-state index in [1.165, 1.54) is 11.9 Å². The van der Waals surface area contributed by atoms with Gasteiger partial charge in [-0.15, -0.1) is 0 Å². The van der Waals surface area contributed by atoms with Crippen molar-refractivity contribution in [3.8, 4) is 11.6 Å². The van der Waals surface area contributed by atoms with Crippen molar-refractivity contribution in [1.29, 1.82) is 0 Å². The zero-order valence-corrected chi connectivity index (χ0v) is 13.6. The van der Waals surface area contributed by atoms with E-state index in [0.29, 0.717) is 34.9 Å². The molecule has 0 saturated carbocycles. The topological polar surface area (TPSA) is 86.0 Å². The number of nitrogens with zero attached hydrogens (tertiary/aromatic N) is 3. The van der Waals surface area contributed by atoms with E-state index in [4.69, 9.17) is 10.5 Å². The first kappa shape index (κ1) is 15.7. The van der Waals surface area contributed by atoms with Crippen molar-refractivity contribution in [3.05, 3.63) is 60.6 Å². The van der Waals surface area contributed by atoms with Crippen LogP contribution in [-0.2, 0) is 0 Å². The molecule has 0 amide bonds. The van der Waals surface area contributed by atoms with Crippen LogP contribution in [0.5, 0.6) is 11.6 Å². The van der Waals surface area contributed by atoms with E-state index in [2.05, 4.69) is 34.1 Å². The monoisotopic (exact) mass is 321 g/mol. The van der Waals surface area contributed by atoms with Crippen LogP contribution in [0.2, 0.25) is 0 Å². The van der Waals surface area contributed by atoms with Gasteiger partial charge in [-0.1, -0.05) is 32.0 Å². The molecule has 122 valence electrons. The van der Waals surface area contributed by atoms with Crippen molar-refractivity contribution >= 4 is 17.3 Å². The summed E-state index contributed by atoms with van der Waals surface area (Å²) in [5, 5.41) is 3.06. The highest BCUT2D eigenvalue weighted by Gasteiger charge is 2.11. The minimum Gasteiger partial charge on any atom is -0.437 e. The maximum absolute atomic E-state index is 6.12. The largest absolute Gasteiger partial charge is 0.437 e. The predicted molar refractivity (Wildman–Crippen MR) is 94.6 cm³/mol. The van der Waals surface area contributed by atoms with Gasteiger partial charge in [0, 0.05) is 6.20 Å². The summed E-state index contributed by atoms with van der Waals surface area (Å²) in [5.74, 6) is 2.55. The molecule has 0 radical (unpaired) electrons. The molecule has 6 nitrogen and oxygen atoms in total. The first-order valence-corrected chi connectivity index (χ1v) is 7.70. The Bertz CT molecular complexity index is 803. The maximum atomic E-state index is 6.12. The molecule has 0 aliphatic rings. The fraction of sp³-hybridized carbons (Fsp3) is 0.167. The molecule has 0 atom stereocenters. The van der Waals surface area contributed by atoms with Crippen LogP contribution in [0.1, 0.15) is 25.3 Å². The lowest BCUT2D eigenvalue weighted by atomic mass is 10.0. The molecule has 0 aliphatic heterocycles. The standard InChI is InChI=1S/C18H19N5O/c1-12(2)13-6-8-14(9-7-13)24-18-16(19)17(21-11-22-18)23-15-5-3-4-10-20-15/h3-12H,19H2,1-2H3,(H,20,21,22,23). The third-order valence-corrected chi connectivity index (χ3v) is 3.52. The molecule has 24 heavy (non-hydrogen) atoms. The number of nitrogens with one attached hydrogen (secondary N) is 1. The highest BCUT2D eigenvalue weighted by molar-refractivity contribution is 5.71. The summed E-state index contributed by atoms with van der Waals surface area (Å²) < 4.78 is 5.79. The summed E-state index contributed by atoms with van der Waals surface area (Å²) in [6.07, 6.45) is 3.09. The summed E-state index contributed by atoms with van der Waals surface area (Å²) in [4.78, 5) is 12.4. The molecule has 0 unspecified atom stereocenters. The molecule has 1 aromatic carbocycles. The predicted octanol–water partition coefficient (Wildman–Crippen LogP) is 4.11. The molecule has 6 heteroatoms. The second-order valence-electron chi connectivity index (χ2n) is 5.61. The van der Waals surface area contributed by atoms with Crippen LogP contribution in [-0.4, -0.2) is 15.0 Å². The number of pyridine rings is 1.